The van der Waals surface area contributed by atoms with Gasteiger partial charge >= 0.3 is 0 Å². The Morgan fingerprint density at radius 2 is 1.88 bits per heavy atom. The van der Waals surface area contributed by atoms with Gasteiger partial charge in [0.25, 0.3) is 0 Å². The lowest BCUT2D eigenvalue weighted by atomic mass is 9.64. The summed E-state index contributed by atoms with van der Waals surface area (Å²) >= 11 is 12.0. The molecule has 0 saturated heterocycles. The molecular formula is C12H14Cl3N. The van der Waals surface area contributed by atoms with Gasteiger partial charge in [0, 0.05) is 11.5 Å². The molecule has 16 heavy (non-hydrogen) atoms. The highest BCUT2D eigenvalue weighted by Crippen LogP contribution is 2.59. The van der Waals surface area contributed by atoms with Gasteiger partial charge in [-0.3, -0.25) is 0 Å². The molecule has 0 aliphatic heterocycles. The quantitative estimate of drug-likeness (QED) is 0.831. The molecule has 0 radical (unpaired) electrons. The van der Waals surface area contributed by atoms with Crippen molar-refractivity contribution in [1.82, 2.24) is 0 Å². The van der Waals surface area contributed by atoms with E-state index in [9.17, 15) is 0 Å². The van der Waals surface area contributed by atoms with Crippen molar-refractivity contribution in [2.75, 3.05) is 0 Å². The number of rotatable bonds is 1. The Labute approximate surface area is 112 Å². The van der Waals surface area contributed by atoms with Crippen LogP contribution in [0.3, 0.4) is 0 Å². The smallest absolute Gasteiger partial charge is 0.0595 e. The Balaban J connectivity index is 0.000000963. The zero-order valence-electron chi connectivity index (χ0n) is 8.75. The normalized spacial score (nSPS) is 35.4. The predicted molar refractivity (Wildman–Crippen MR) is 70.7 cm³/mol. The molecule has 0 aromatic heterocycles. The maximum Gasteiger partial charge on any atom is 0.0595 e. The average Bonchev–Trinajstić information content (AvgIpc) is 2.61. The fourth-order valence-electron chi connectivity index (χ4n) is 3.28. The minimum Gasteiger partial charge on any atom is -0.327 e. The zero-order valence-corrected chi connectivity index (χ0v) is 11.1. The first-order valence-electron chi connectivity index (χ1n) is 5.33. The highest BCUT2D eigenvalue weighted by molar-refractivity contribution is 6.42. The van der Waals surface area contributed by atoms with Gasteiger partial charge in [-0.25, -0.2) is 0 Å². The molecule has 0 spiro atoms. The molecule has 4 rings (SSSR count). The molecule has 2 N–H and O–H groups in total. The molecule has 3 aliphatic carbocycles. The van der Waals surface area contributed by atoms with Gasteiger partial charge in [-0.2, -0.15) is 0 Å². The van der Waals surface area contributed by atoms with Crippen LogP contribution in [0.1, 0.15) is 24.8 Å². The first kappa shape index (κ1) is 12.5. The summed E-state index contributed by atoms with van der Waals surface area (Å²) in [4.78, 5) is 0. The molecule has 3 aliphatic rings. The van der Waals surface area contributed by atoms with E-state index in [2.05, 4.69) is 6.07 Å². The molecule has 0 amide bonds. The largest absolute Gasteiger partial charge is 0.327 e. The Morgan fingerprint density at radius 1 is 1.19 bits per heavy atom. The summed E-state index contributed by atoms with van der Waals surface area (Å²) in [5, 5.41) is 1.27. The van der Waals surface area contributed by atoms with Gasteiger partial charge in [0.15, 0.2) is 0 Å². The van der Waals surface area contributed by atoms with Crippen LogP contribution in [0.15, 0.2) is 18.2 Å². The first-order valence-corrected chi connectivity index (χ1v) is 6.08. The lowest BCUT2D eigenvalue weighted by molar-refractivity contribution is 0.232. The molecule has 0 heterocycles. The van der Waals surface area contributed by atoms with Crippen LogP contribution in [0.5, 0.6) is 0 Å². The minimum atomic E-state index is 0. The van der Waals surface area contributed by atoms with Crippen LogP contribution >= 0.6 is 35.6 Å². The van der Waals surface area contributed by atoms with Crippen molar-refractivity contribution in [3.05, 3.63) is 33.8 Å². The van der Waals surface area contributed by atoms with Gasteiger partial charge in [-0.15, -0.1) is 12.4 Å². The van der Waals surface area contributed by atoms with Gasteiger partial charge in [-0.1, -0.05) is 29.3 Å². The fraction of sp³-hybridized carbons (Fsp3) is 0.500. The van der Waals surface area contributed by atoms with Crippen molar-refractivity contribution >= 4 is 35.6 Å². The van der Waals surface area contributed by atoms with E-state index in [-0.39, 0.29) is 17.8 Å². The first-order chi connectivity index (χ1) is 7.12. The van der Waals surface area contributed by atoms with Crippen LogP contribution in [0.4, 0.5) is 0 Å². The van der Waals surface area contributed by atoms with E-state index >= 15 is 0 Å². The average molecular weight is 279 g/mol. The maximum atomic E-state index is 6.20. The van der Waals surface area contributed by atoms with E-state index in [4.69, 9.17) is 28.9 Å². The molecule has 1 nitrogen and oxygen atoms in total. The second kappa shape index (κ2) is 4.06. The van der Waals surface area contributed by atoms with E-state index < -0.39 is 0 Å². The molecule has 1 atom stereocenters. The lowest BCUT2D eigenvalue weighted by Gasteiger charge is -2.41. The van der Waals surface area contributed by atoms with Crippen LogP contribution in [0.25, 0.3) is 0 Å². The number of hydrogen-bond donors (Lipinski definition) is 1. The second-order valence-electron chi connectivity index (χ2n) is 4.90. The summed E-state index contributed by atoms with van der Waals surface area (Å²) < 4.78 is 0. The van der Waals surface area contributed by atoms with E-state index in [1.165, 1.54) is 24.8 Å². The third kappa shape index (κ3) is 1.57. The molecule has 2 bridgehead atoms. The highest BCUT2D eigenvalue weighted by atomic mass is 35.5. The monoisotopic (exact) mass is 277 g/mol. The third-order valence-electron chi connectivity index (χ3n) is 4.10. The molecule has 4 heteroatoms. The van der Waals surface area contributed by atoms with Gasteiger partial charge < -0.3 is 5.73 Å². The van der Waals surface area contributed by atoms with Crippen LogP contribution in [0.2, 0.25) is 10.0 Å². The molecule has 1 unspecified atom stereocenters. The molecule has 3 saturated carbocycles. The van der Waals surface area contributed by atoms with Gasteiger partial charge in [-0.05, 0) is 42.9 Å². The van der Waals surface area contributed by atoms with Crippen molar-refractivity contribution in [2.45, 2.75) is 30.7 Å². The number of benzene rings is 1. The topological polar surface area (TPSA) is 26.0 Å². The van der Waals surface area contributed by atoms with Crippen LogP contribution in [-0.4, -0.2) is 6.04 Å². The number of hydrogen-bond acceptors (Lipinski definition) is 1. The zero-order chi connectivity index (χ0) is 10.6. The van der Waals surface area contributed by atoms with Gasteiger partial charge in [0.1, 0.15) is 0 Å². The Hall–Kier alpha value is 0.0500. The maximum absolute atomic E-state index is 6.20. The Morgan fingerprint density at radius 3 is 2.38 bits per heavy atom. The molecule has 1 aromatic carbocycles. The van der Waals surface area contributed by atoms with Crippen LogP contribution < -0.4 is 5.73 Å². The van der Waals surface area contributed by atoms with E-state index in [0.717, 1.165) is 5.92 Å². The van der Waals surface area contributed by atoms with Crippen molar-refractivity contribution in [2.24, 2.45) is 11.7 Å². The number of fused-ring (bicyclic) bond motifs is 1. The molecule has 88 valence electrons. The molecule has 3 fully saturated rings. The van der Waals surface area contributed by atoms with Crippen LogP contribution in [-0.2, 0) is 5.41 Å². The lowest BCUT2D eigenvalue weighted by Crippen LogP contribution is -2.43. The molecular weight excluding hydrogens is 264 g/mol. The van der Waals surface area contributed by atoms with Crippen molar-refractivity contribution in [1.29, 1.82) is 0 Å². The third-order valence-corrected chi connectivity index (χ3v) is 4.84. The standard InChI is InChI=1S/C12H13Cl2N.ClH/c13-9-2-1-8(4-10(9)14)12-5-7(6-12)3-11(12)15;/h1-2,4,7,11H,3,5-6,15H2;1H. The van der Waals surface area contributed by atoms with Crippen molar-refractivity contribution in [3.63, 3.8) is 0 Å². The second-order valence-corrected chi connectivity index (χ2v) is 5.72. The van der Waals surface area contributed by atoms with Gasteiger partial charge in [0.05, 0.1) is 10.0 Å². The summed E-state index contributed by atoms with van der Waals surface area (Å²) in [6.45, 7) is 0. The summed E-state index contributed by atoms with van der Waals surface area (Å²) in [5.74, 6) is 0.842. The predicted octanol–water partition coefficient (Wildman–Crippen LogP) is 3.79. The Kier molecular flexibility index (Phi) is 3.17. The SMILES string of the molecule is Cl.NC1CC2CC1(c1ccc(Cl)c(Cl)c1)C2. The summed E-state index contributed by atoms with van der Waals surface area (Å²) in [6, 6.07) is 6.26. The van der Waals surface area contributed by atoms with E-state index in [1.807, 2.05) is 12.1 Å². The summed E-state index contributed by atoms with van der Waals surface area (Å²) in [5.41, 5.74) is 7.68. The minimum absolute atomic E-state index is 0. The number of nitrogens with two attached hydrogens (primary N) is 1. The highest BCUT2D eigenvalue weighted by Gasteiger charge is 2.56. The van der Waals surface area contributed by atoms with E-state index in [1.54, 1.807) is 0 Å². The summed E-state index contributed by atoms with van der Waals surface area (Å²) in [7, 11) is 0. The fourth-order valence-corrected chi connectivity index (χ4v) is 3.58. The Bertz CT molecular complexity index is 413. The number of halogens is 3. The summed E-state index contributed by atoms with van der Waals surface area (Å²) in [6.07, 6.45) is 3.62. The van der Waals surface area contributed by atoms with Gasteiger partial charge in [0.2, 0.25) is 0 Å². The van der Waals surface area contributed by atoms with Crippen LogP contribution in [0, 0.1) is 5.92 Å². The van der Waals surface area contributed by atoms with Crippen molar-refractivity contribution < 1.29 is 0 Å². The molecule has 1 aromatic rings. The van der Waals surface area contributed by atoms with E-state index in [0.29, 0.717) is 16.1 Å². The van der Waals surface area contributed by atoms with Crippen molar-refractivity contribution in [3.8, 4) is 0 Å².